The molecule has 0 spiro atoms. The van der Waals surface area contributed by atoms with Crippen LogP contribution >= 0.6 is 0 Å². The fraction of sp³-hybridized carbons (Fsp3) is 0. The molecule has 5 aromatic rings. The Kier molecular flexibility index (Phi) is 2.58. The highest BCUT2D eigenvalue weighted by Crippen LogP contribution is 2.32. The van der Waals surface area contributed by atoms with Gasteiger partial charge in [0.1, 0.15) is 12.1 Å². The van der Waals surface area contributed by atoms with E-state index < -0.39 is 0 Å². The molecule has 114 valence electrons. The molecule has 0 aliphatic rings. The van der Waals surface area contributed by atoms with Gasteiger partial charge in [-0.2, -0.15) is 0 Å². The lowest BCUT2D eigenvalue weighted by atomic mass is 10.1. The molecule has 5 rings (SSSR count). The van der Waals surface area contributed by atoms with Crippen molar-refractivity contribution in [2.45, 2.75) is 0 Å². The number of nitrogens with zero attached hydrogens (tertiary/aromatic N) is 4. The van der Waals surface area contributed by atoms with Crippen molar-refractivity contribution < 1.29 is 5.11 Å². The minimum atomic E-state index is 0.168. The fourth-order valence-electron chi connectivity index (χ4n) is 3.00. The Morgan fingerprint density at radius 1 is 0.875 bits per heavy atom. The smallest absolute Gasteiger partial charge is 0.185 e. The summed E-state index contributed by atoms with van der Waals surface area (Å²) >= 11 is 0. The third-order valence-electron chi connectivity index (χ3n) is 4.19. The van der Waals surface area contributed by atoms with Crippen molar-refractivity contribution in [3.05, 3.63) is 67.0 Å². The zero-order valence-corrected chi connectivity index (χ0v) is 12.6. The highest BCUT2D eigenvalue weighted by atomic mass is 16.3. The summed E-state index contributed by atoms with van der Waals surface area (Å²) in [7, 11) is 0. The highest BCUT2D eigenvalue weighted by Gasteiger charge is 2.14. The Bertz CT molecular complexity index is 1230. The van der Waals surface area contributed by atoms with E-state index in [0.717, 1.165) is 27.3 Å². The summed E-state index contributed by atoms with van der Waals surface area (Å²) in [6.07, 6.45) is 1.65. The second-order valence-corrected chi connectivity index (χ2v) is 5.68. The second-order valence-electron chi connectivity index (χ2n) is 5.68. The van der Waals surface area contributed by atoms with Crippen LogP contribution in [0.4, 0.5) is 0 Å². The molecule has 2 aromatic heterocycles. The summed E-state index contributed by atoms with van der Waals surface area (Å²) in [5.41, 5.74) is 2.20. The van der Waals surface area contributed by atoms with E-state index in [1.165, 1.54) is 0 Å². The molecule has 0 atom stereocenters. The van der Waals surface area contributed by atoms with Crippen molar-refractivity contribution in [2.75, 3.05) is 0 Å². The quantitative estimate of drug-likeness (QED) is 0.511. The standard InChI is InChI=1S/C19H12N4O/c24-17-10-13-6-2-1-5-12(13)9-15(17)18-21-19-14-7-3-4-8-16(14)20-11-23(19)22-18/h1-11,24H. The van der Waals surface area contributed by atoms with Gasteiger partial charge in [-0.1, -0.05) is 36.4 Å². The van der Waals surface area contributed by atoms with Crippen LogP contribution in [0.25, 0.3) is 38.7 Å². The third-order valence-corrected chi connectivity index (χ3v) is 4.19. The van der Waals surface area contributed by atoms with E-state index in [-0.39, 0.29) is 5.75 Å². The molecule has 0 saturated heterocycles. The highest BCUT2D eigenvalue weighted by molar-refractivity contribution is 5.93. The average molecular weight is 312 g/mol. The first kappa shape index (κ1) is 13.0. The van der Waals surface area contributed by atoms with Crippen LogP contribution in [0.1, 0.15) is 0 Å². The van der Waals surface area contributed by atoms with Gasteiger partial charge >= 0.3 is 0 Å². The molecule has 5 heteroatoms. The molecule has 1 N–H and O–H groups in total. The normalized spacial score (nSPS) is 11.5. The maximum atomic E-state index is 10.4. The van der Waals surface area contributed by atoms with E-state index in [2.05, 4.69) is 15.1 Å². The van der Waals surface area contributed by atoms with E-state index >= 15 is 0 Å². The zero-order chi connectivity index (χ0) is 16.1. The summed E-state index contributed by atoms with van der Waals surface area (Å²) in [6.45, 7) is 0. The minimum Gasteiger partial charge on any atom is -0.507 e. The summed E-state index contributed by atoms with van der Waals surface area (Å²) < 4.78 is 1.65. The van der Waals surface area contributed by atoms with Crippen LogP contribution in [0.2, 0.25) is 0 Å². The molecule has 0 bridgehead atoms. The van der Waals surface area contributed by atoms with Crippen molar-refractivity contribution in [2.24, 2.45) is 0 Å². The third kappa shape index (κ3) is 1.85. The van der Waals surface area contributed by atoms with Gasteiger partial charge in [0.25, 0.3) is 0 Å². The van der Waals surface area contributed by atoms with Gasteiger partial charge in [0.15, 0.2) is 11.5 Å². The predicted octanol–water partition coefficient (Wildman–Crippen LogP) is 3.80. The van der Waals surface area contributed by atoms with E-state index in [1.54, 1.807) is 16.9 Å². The van der Waals surface area contributed by atoms with Crippen LogP contribution in [0.5, 0.6) is 5.75 Å². The lowest BCUT2D eigenvalue weighted by Crippen LogP contribution is -1.90. The summed E-state index contributed by atoms with van der Waals surface area (Å²) in [5, 5.41) is 17.8. The fourth-order valence-corrected chi connectivity index (χ4v) is 3.00. The Hall–Kier alpha value is -3.47. The molecule has 0 amide bonds. The molecular weight excluding hydrogens is 300 g/mol. The largest absolute Gasteiger partial charge is 0.507 e. The molecule has 0 unspecified atom stereocenters. The lowest BCUT2D eigenvalue weighted by Gasteiger charge is -2.03. The number of hydrogen-bond acceptors (Lipinski definition) is 4. The van der Waals surface area contributed by atoms with Crippen LogP contribution in [-0.2, 0) is 0 Å². The number of hydrogen-bond donors (Lipinski definition) is 1. The number of para-hydroxylation sites is 1. The maximum Gasteiger partial charge on any atom is 0.185 e. The number of phenolic OH excluding ortho intramolecular Hbond substituents is 1. The first-order valence-corrected chi connectivity index (χ1v) is 7.62. The number of rotatable bonds is 1. The number of phenols is 1. The summed E-state index contributed by atoms with van der Waals surface area (Å²) in [5.74, 6) is 0.651. The van der Waals surface area contributed by atoms with Gasteiger partial charge in [0.2, 0.25) is 0 Å². The Balaban J connectivity index is 1.80. The summed E-state index contributed by atoms with van der Waals surface area (Å²) in [4.78, 5) is 9.02. The van der Waals surface area contributed by atoms with E-state index in [4.69, 9.17) is 0 Å². The number of aromatic nitrogens is 4. The van der Waals surface area contributed by atoms with Crippen LogP contribution in [0.3, 0.4) is 0 Å². The van der Waals surface area contributed by atoms with Gasteiger partial charge < -0.3 is 5.11 Å². The topological polar surface area (TPSA) is 63.3 Å². The second kappa shape index (κ2) is 4.76. The van der Waals surface area contributed by atoms with Gasteiger partial charge in [-0.05, 0) is 35.0 Å². The monoisotopic (exact) mass is 312 g/mol. The molecule has 2 heterocycles. The number of benzene rings is 3. The Labute approximate surface area is 136 Å². The molecule has 24 heavy (non-hydrogen) atoms. The van der Waals surface area contributed by atoms with E-state index in [1.807, 2.05) is 54.6 Å². The van der Waals surface area contributed by atoms with Gasteiger partial charge in [-0.25, -0.2) is 14.5 Å². The van der Waals surface area contributed by atoms with Gasteiger partial charge in [0.05, 0.1) is 11.1 Å². The van der Waals surface area contributed by atoms with Crippen molar-refractivity contribution in [3.8, 4) is 17.1 Å². The minimum absolute atomic E-state index is 0.168. The molecule has 0 aliphatic heterocycles. The van der Waals surface area contributed by atoms with E-state index in [9.17, 15) is 5.11 Å². The number of fused-ring (bicyclic) bond motifs is 4. The van der Waals surface area contributed by atoms with Crippen LogP contribution in [0, 0.1) is 0 Å². The SMILES string of the molecule is Oc1cc2ccccc2cc1-c1nc2c3ccccc3ncn2n1. The van der Waals surface area contributed by atoms with Gasteiger partial charge in [0, 0.05) is 5.39 Å². The Morgan fingerprint density at radius 3 is 2.50 bits per heavy atom. The van der Waals surface area contributed by atoms with Gasteiger partial charge in [-0.15, -0.1) is 5.10 Å². The zero-order valence-electron chi connectivity index (χ0n) is 12.6. The first-order valence-electron chi connectivity index (χ1n) is 7.62. The molecular formula is C19H12N4O. The predicted molar refractivity (Wildman–Crippen MR) is 92.9 cm³/mol. The van der Waals surface area contributed by atoms with Crippen LogP contribution in [0.15, 0.2) is 67.0 Å². The molecule has 3 aromatic carbocycles. The molecule has 5 nitrogen and oxygen atoms in total. The van der Waals surface area contributed by atoms with Crippen molar-refractivity contribution in [1.82, 2.24) is 19.6 Å². The van der Waals surface area contributed by atoms with Crippen molar-refractivity contribution in [3.63, 3.8) is 0 Å². The Morgan fingerprint density at radius 2 is 1.62 bits per heavy atom. The first-order chi connectivity index (χ1) is 11.8. The molecule has 0 radical (unpaired) electrons. The molecule has 0 aliphatic carbocycles. The van der Waals surface area contributed by atoms with Crippen LogP contribution < -0.4 is 0 Å². The number of aromatic hydroxyl groups is 1. The van der Waals surface area contributed by atoms with Gasteiger partial charge in [-0.3, -0.25) is 0 Å². The van der Waals surface area contributed by atoms with Crippen molar-refractivity contribution >= 4 is 27.3 Å². The maximum absolute atomic E-state index is 10.4. The summed E-state index contributed by atoms with van der Waals surface area (Å²) in [6, 6.07) is 19.3. The molecule has 0 saturated carbocycles. The average Bonchev–Trinajstić information content (AvgIpc) is 3.05. The lowest BCUT2D eigenvalue weighted by molar-refractivity contribution is 0.477. The van der Waals surface area contributed by atoms with Crippen LogP contribution in [-0.4, -0.2) is 24.7 Å². The van der Waals surface area contributed by atoms with E-state index in [0.29, 0.717) is 11.4 Å². The van der Waals surface area contributed by atoms with Crippen molar-refractivity contribution in [1.29, 1.82) is 0 Å². The molecule has 0 fully saturated rings.